The molecule has 0 aliphatic carbocycles. The van der Waals surface area contributed by atoms with Gasteiger partial charge in [0.1, 0.15) is 5.82 Å². The summed E-state index contributed by atoms with van der Waals surface area (Å²) in [5, 5.41) is 16.1. The van der Waals surface area contributed by atoms with Crippen molar-refractivity contribution in [1.82, 2.24) is 15.0 Å². The smallest absolute Gasteiger partial charge is 0.337 e. The number of benzene rings is 1. The third kappa shape index (κ3) is 5.30. The van der Waals surface area contributed by atoms with Gasteiger partial charge >= 0.3 is 5.97 Å². The predicted octanol–water partition coefficient (Wildman–Crippen LogP) is 3.50. The Morgan fingerprint density at radius 3 is 2.53 bits per heavy atom. The molecule has 0 bridgehead atoms. The molecule has 0 aliphatic heterocycles. The molecule has 156 valence electrons. The Bertz CT molecular complexity index is 978. The number of nitrogens with zero attached hydrogens (tertiary/aromatic N) is 3. The van der Waals surface area contributed by atoms with Crippen LogP contribution in [0.1, 0.15) is 24.2 Å². The van der Waals surface area contributed by atoms with E-state index in [0.29, 0.717) is 23.0 Å². The number of hydrogen-bond donors (Lipinski definition) is 3. The average molecular weight is 407 g/mol. The lowest BCUT2D eigenvalue weighted by atomic mass is 10.1. The molecule has 30 heavy (non-hydrogen) atoms. The van der Waals surface area contributed by atoms with Crippen LogP contribution in [-0.4, -0.2) is 45.8 Å². The molecule has 0 saturated heterocycles. The van der Waals surface area contributed by atoms with Gasteiger partial charge in [0, 0.05) is 29.7 Å². The second kappa shape index (κ2) is 9.80. The van der Waals surface area contributed by atoms with Gasteiger partial charge in [-0.3, -0.25) is 4.98 Å². The summed E-state index contributed by atoms with van der Waals surface area (Å²) < 4.78 is 4.73. The quantitative estimate of drug-likeness (QED) is 0.487. The summed E-state index contributed by atoms with van der Waals surface area (Å²) in [6.45, 7) is 4.00. The zero-order valence-corrected chi connectivity index (χ0v) is 17.2. The van der Waals surface area contributed by atoms with Crippen LogP contribution in [0.15, 0.2) is 54.9 Å². The normalized spacial score (nSPS) is 11.8. The molecule has 3 rings (SSSR count). The van der Waals surface area contributed by atoms with Gasteiger partial charge in [-0.05, 0) is 42.3 Å². The fourth-order valence-corrected chi connectivity index (χ4v) is 2.78. The summed E-state index contributed by atoms with van der Waals surface area (Å²) in [4.78, 5) is 24.9. The molecule has 3 N–H and O–H groups in total. The number of carbonyl (C=O) groups is 1. The number of aliphatic hydroxyl groups excluding tert-OH is 1. The van der Waals surface area contributed by atoms with E-state index in [-0.39, 0.29) is 18.6 Å². The number of anilines is 3. The van der Waals surface area contributed by atoms with E-state index < -0.39 is 5.97 Å². The minimum atomic E-state index is -0.391. The molecule has 2 heterocycles. The second-order valence-corrected chi connectivity index (χ2v) is 7.08. The van der Waals surface area contributed by atoms with Crippen LogP contribution in [0.25, 0.3) is 11.3 Å². The highest BCUT2D eigenvalue weighted by Gasteiger charge is 2.15. The number of pyridine rings is 1. The van der Waals surface area contributed by atoms with Crippen LogP contribution in [0.2, 0.25) is 0 Å². The molecule has 0 unspecified atom stereocenters. The van der Waals surface area contributed by atoms with E-state index >= 15 is 0 Å². The molecule has 0 spiro atoms. The Balaban J connectivity index is 1.92. The lowest BCUT2D eigenvalue weighted by Gasteiger charge is -2.20. The van der Waals surface area contributed by atoms with Gasteiger partial charge in [-0.2, -0.15) is 4.98 Å². The Labute approximate surface area is 175 Å². The number of methoxy groups -OCH3 is 1. The van der Waals surface area contributed by atoms with Crippen molar-refractivity contribution in [3.8, 4) is 11.3 Å². The standard InChI is InChI=1S/C22H25N5O3/c1-14(2)19(13-28)26-22-25-18(16-5-4-10-23-12-16)11-20(27-22)24-17-8-6-15(7-9-17)21(29)30-3/h4-12,14,19,28H,13H2,1-3H3,(H2,24,25,26,27)/t19-/m0/s1. The molecule has 8 nitrogen and oxygen atoms in total. The maximum atomic E-state index is 11.6. The van der Waals surface area contributed by atoms with Crippen LogP contribution in [0.3, 0.4) is 0 Å². The SMILES string of the molecule is COC(=O)c1ccc(Nc2cc(-c3cccnc3)nc(N[C@@H](CO)C(C)C)n2)cc1. The van der Waals surface area contributed by atoms with Gasteiger partial charge in [-0.15, -0.1) is 0 Å². The van der Waals surface area contributed by atoms with E-state index in [1.807, 2.05) is 32.0 Å². The fourth-order valence-electron chi connectivity index (χ4n) is 2.78. The van der Waals surface area contributed by atoms with Crippen molar-refractivity contribution in [1.29, 1.82) is 0 Å². The molecule has 0 aliphatic rings. The largest absolute Gasteiger partial charge is 0.465 e. The number of carbonyl (C=O) groups excluding carboxylic acids is 1. The van der Waals surface area contributed by atoms with Crippen molar-refractivity contribution in [3.05, 3.63) is 60.4 Å². The molecular weight excluding hydrogens is 382 g/mol. The Hall–Kier alpha value is -3.52. The number of hydrogen-bond acceptors (Lipinski definition) is 8. The molecule has 1 aromatic carbocycles. The van der Waals surface area contributed by atoms with Crippen molar-refractivity contribution in [2.24, 2.45) is 5.92 Å². The van der Waals surface area contributed by atoms with Gasteiger partial charge in [0.05, 0.1) is 31.0 Å². The molecule has 0 radical (unpaired) electrons. The fraction of sp³-hybridized carbons (Fsp3) is 0.273. The summed E-state index contributed by atoms with van der Waals surface area (Å²) in [5.41, 5.74) is 2.76. The van der Waals surface area contributed by atoms with Crippen LogP contribution < -0.4 is 10.6 Å². The molecule has 8 heteroatoms. The molecule has 0 saturated carbocycles. The average Bonchev–Trinajstić information content (AvgIpc) is 2.77. The topological polar surface area (TPSA) is 109 Å². The minimum absolute atomic E-state index is 0.0318. The van der Waals surface area contributed by atoms with E-state index in [1.165, 1.54) is 7.11 Å². The third-order valence-corrected chi connectivity index (χ3v) is 4.58. The van der Waals surface area contributed by atoms with Gasteiger partial charge in [-0.25, -0.2) is 9.78 Å². The van der Waals surface area contributed by atoms with Crippen molar-refractivity contribution in [3.63, 3.8) is 0 Å². The maximum Gasteiger partial charge on any atom is 0.337 e. The lowest BCUT2D eigenvalue weighted by Crippen LogP contribution is -2.30. The minimum Gasteiger partial charge on any atom is -0.465 e. The van der Waals surface area contributed by atoms with Crippen molar-refractivity contribution < 1.29 is 14.6 Å². The molecule has 2 aromatic heterocycles. The molecular formula is C22H25N5O3. The van der Waals surface area contributed by atoms with Crippen LogP contribution in [-0.2, 0) is 4.74 Å². The van der Waals surface area contributed by atoms with E-state index in [4.69, 9.17) is 4.74 Å². The molecule has 1 atom stereocenters. The van der Waals surface area contributed by atoms with Crippen LogP contribution >= 0.6 is 0 Å². The number of aromatic nitrogens is 3. The van der Waals surface area contributed by atoms with Crippen LogP contribution in [0.4, 0.5) is 17.5 Å². The Morgan fingerprint density at radius 1 is 1.17 bits per heavy atom. The third-order valence-electron chi connectivity index (χ3n) is 4.58. The summed E-state index contributed by atoms with van der Waals surface area (Å²) in [7, 11) is 1.35. The van der Waals surface area contributed by atoms with Gasteiger partial charge < -0.3 is 20.5 Å². The summed E-state index contributed by atoms with van der Waals surface area (Å²) in [5.74, 6) is 0.774. The predicted molar refractivity (Wildman–Crippen MR) is 116 cm³/mol. The lowest BCUT2D eigenvalue weighted by molar-refractivity contribution is 0.0601. The van der Waals surface area contributed by atoms with Gasteiger partial charge in [0.15, 0.2) is 0 Å². The van der Waals surface area contributed by atoms with E-state index in [2.05, 4.69) is 25.6 Å². The molecule has 3 aromatic rings. The summed E-state index contributed by atoms with van der Waals surface area (Å²) in [6, 6.07) is 12.3. The van der Waals surface area contributed by atoms with Crippen molar-refractivity contribution in [2.45, 2.75) is 19.9 Å². The van der Waals surface area contributed by atoms with Gasteiger partial charge in [0.2, 0.25) is 5.95 Å². The van der Waals surface area contributed by atoms with Crippen LogP contribution in [0.5, 0.6) is 0 Å². The van der Waals surface area contributed by atoms with Crippen molar-refractivity contribution >= 4 is 23.4 Å². The summed E-state index contributed by atoms with van der Waals surface area (Å²) >= 11 is 0. The Morgan fingerprint density at radius 2 is 1.93 bits per heavy atom. The zero-order valence-electron chi connectivity index (χ0n) is 17.2. The second-order valence-electron chi connectivity index (χ2n) is 7.08. The number of esters is 1. The first kappa shape index (κ1) is 21.2. The van der Waals surface area contributed by atoms with E-state index in [9.17, 15) is 9.90 Å². The van der Waals surface area contributed by atoms with E-state index in [0.717, 1.165) is 11.3 Å². The number of rotatable bonds is 8. The first-order valence-electron chi connectivity index (χ1n) is 9.62. The first-order valence-corrected chi connectivity index (χ1v) is 9.62. The van der Waals surface area contributed by atoms with Gasteiger partial charge in [0.25, 0.3) is 0 Å². The number of nitrogens with one attached hydrogen (secondary N) is 2. The maximum absolute atomic E-state index is 11.6. The van der Waals surface area contributed by atoms with Crippen LogP contribution in [0, 0.1) is 5.92 Å². The van der Waals surface area contributed by atoms with Crippen molar-refractivity contribution in [2.75, 3.05) is 24.4 Å². The summed E-state index contributed by atoms with van der Waals surface area (Å²) in [6.07, 6.45) is 3.43. The number of ether oxygens (including phenoxy) is 1. The zero-order chi connectivity index (χ0) is 21.5. The highest BCUT2D eigenvalue weighted by Crippen LogP contribution is 2.24. The first-order chi connectivity index (χ1) is 14.5. The number of aliphatic hydroxyl groups is 1. The Kier molecular flexibility index (Phi) is 6.92. The molecule has 0 fully saturated rings. The monoisotopic (exact) mass is 407 g/mol. The van der Waals surface area contributed by atoms with E-state index in [1.54, 1.807) is 36.7 Å². The highest BCUT2D eigenvalue weighted by atomic mass is 16.5. The van der Waals surface area contributed by atoms with Gasteiger partial charge in [-0.1, -0.05) is 13.8 Å². The highest BCUT2D eigenvalue weighted by molar-refractivity contribution is 5.89. The molecule has 0 amide bonds.